The maximum Gasteiger partial charge on any atom is 0.269 e. The summed E-state index contributed by atoms with van der Waals surface area (Å²) < 4.78 is 0. The highest BCUT2D eigenvalue weighted by molar-refractivity contribution is 5.65. The van der Waals surface area contributed by atoms with Crippen LogP contribution in [0.15, 0.2) is 60.7 Å². The molecule has 0 heterocycles. The van der Waals surface area contributed by atoms with Crippen LogP contribution in [-0.2, 0) is 0 Å². The van der Waals surface area contributed by atoms with Gasteiger partial charge in [0.05, 0.1) is 11.0 Å². The zero-order chi connectivity index (χ0) is 14.5. The van der Waals surface area contributed by atoms with E-state index in [9.17, 15) is 15.2 Å². The third-order valence-electron chi connectivity index (χ3n) is 3.08. The number of hydrogen-bond acceptors (Lipinski definition) is 3. The quantitative estimate of drug-likeness (QED) is 0.679. The molecule has 0 spiro atoms. The molecule has 0 aliphatic rings. The Morgan fingerprint density at radius 1 is 1.15 bits per heavy atom. The minimum atomic E-state index is -0.689. The van der Waals surface area contributed by atoms with Crippen molar-refractivity contribution in [3.8, 4) is 0 Å². The van der Waals surface area contributed by atoms with Gasteiger partial charge in [-0.05, 0) is 41.8 Å². The van der Waals surface area contributed by atoms with E-state index in [0.717, 1.165) is 16.7 Å². The second-order valence-electron chi connectivity index (χ2n) is 4.51. The summed E-state index contributed by atoms with van der Waals surface area (Å²) in [6.45, 7) is 1.87. The van der Waals surface area contributed by atoms with Crippen molar-refractivity contribution in [3.05, 3.63) is 81.9 Å². The number of non-ortho nitro benzene ring substituents is 1. The van der Waals surface area contributed by atoms with Gasteiger partial charge in [-0.1, -0.05) is 30.3 Å². The van der Waals surface area contributed by atoms with Crippen molar-refractivity contribution in [2.75, 3.05) is 0 Å². The second-order valence-corrected chi connectivity index (χ2v) is 4.51. The fourth-order valence-corrected chi connectivity index (χ4v) is 1.93. The van der Waals surface area contributed by atoms with Gasteiger partial charge in [0, 0.05) is 12.1 Å². The van der Waals surface area contributed by atoms with E-state index in [2.05, 4.69) is 0 Å². The van der Waals surface area contributed by atoms with Crippen LogP contribution in [0.4, 0.5) is 5.69 Å². The Bertz CT molecular complexity index is 618. The van der Waals surface area contributed by atoms with E-state index in [1.807, 2.05) is 37.3 Å². The molecule has 2 rings (SSSR count). The van der Waals surface area contributed by atoms with Gasteiger partial charge in [0.15, 0.2) is 0 Å². The van der Waals surface area contributed by atoms with Crippen molar-refractivity contribution in [2.45, 2.75) is 13.0 Å². The fraction of sp³-hybridized carbons (Fsp3) is 0.125. The first-order chi connectivity index (χ1) is 9.58. The van der Waals surface area contributed by atoms with Gasteiger partial charge >= 0.3 is 0 Å². The number of benzene rings is 2. The van der Waals surface area contributed by atoms with Gasteiger partial charge in [0.25, 0.3) is 5.69 Å². The SMILES string of the molecule is C/C(=C\C(O)c1ccccc1)c1ccc([N+](=O)[O-])cc1. The zero-order valence-corrected chi connectivity index (χ0v) is 11.1. The average Bonchev–Trinajstić information content (AvgIpc) is 2.48. The first-order valence-electron chi connectivity index (χ1n) is 6.24. The number of aliphatic hydroxyl groups excluding tert-OH is 1. The molecular weight excluding hydrogens is 254 g/mol. The standard InChI is InChI=1S/C16H15NO3/c1-12(11-16(18)14-5-3-2-4-6-14)13-7-9-15(10-8-13)17(19)20/h2-11,16,18H,1H3/b12-11+. The Kier molecular flexibility index (Phi) is 4.27. The summed E-state index contributed by atoms with van der Waals surface area (Å²) in [5.74, 6) is 0. The zero-order valence-electron chi connectivity index (χ0n) is 11.1. The van der Waals surface area contributed by atoms with Crippen molar-refractivity contribution in [3.63, 3.8) is 0 Å². The molecule has 0 aromatic heterocycles. The van der Waals surface area contributed by atoms with Crippen molar-refractivity contribution in [2.24, 2.45) is 0 Å². The number of rotatable bonds is 4. The summed E-state index contributed by atoms with van der Waals surface area (Å²) in [5, 5.41) is 20.7. The molecule has 0 saturated heterocycles. The molecule has 2 aromatic carbocycles. The van der Waals surface area contributed by atoms with Crippen molar-refractivity contribution in [1.82, 2.24) is 0 Å². The van der Waals surface area contributed by atoms with Crippen LogP contribution < -0.4 is 0 Å². The topological polar surface area (TPSA) is 63.4 Å². The third-order valence-corrected chi connectivity index (χ3v) is 3.08. The molecule has 0 amide bonds. The van der Waals surface area contributed by atoms with Crippen LogP contribution in [0.3, 0.4) is 0 Å². The number of nitrogens with zero attached hydrogens (tertiary/aromatic N) is 1. The average molecular weight is 269 g/mol. The third kappa shape index (κ3) is 3.30. The predicted octanol–water partition coefficient (Wildman–Crippen LogP) is 3.73. The number of nitro groups is 1. The highest BCUT2D eigenvalue weighted by atomic mass is 16.6. The van der Waals surface area contributed by atoms with Crippen LogP contribution in [0.1, 0.15) is 24.2 Å². The summed E-state index contributed by atoms with van der Waals surface area (Å²) in [5.41, 5.74) is 2.60. The minimum Gasteiger partial charge on any atom is -0.384 e. The lowest BCUT2D eigenvalue weighted by Crippen LogP contribution is -1.94. The van der Waals surface area contributed by atoms with Crippen LogP contribution >= 0.6 is 0 Å². The smallest absolute Gasteiger partial charge is 0.269 e. The van der Waals surface area contributed by atoms with Gasteiger partial charge in [-0.25, -0.2) is 0 Å². The normalized spacial score (nSPS) is 13.0. The lowest BCUT2D eigenvalue weighted by atomic mass is 10.0. The molecule has 1 N–H and O–H groups in total. The molecule has 2 aromatic rings. The summed E-state index contributed by atoms with van der Waals surface area (Å²) in [6.07, 6.45) is 1.04. The molecule has 4 heteroatoms. The maximum absolute atomic E-state index is 10.6. The Morgan fingerprint density at radius 3 is 2.30 bits per heavy atom. The Hall–Kier alpha value is -2.46. The molecule has 0 fully saturated rings. The lowest BCUT2D eigenvalue weighted by Gasteiger charge is -2.08. The van der Waals surface area contributed by atoms with Gasteiger partial charge in [0.1, 0.15) is 0 Å². The predicted molar refractivity (Wildman–Crippen MR) is 78.1 cm³/mol. The molecule has 102 valence electrons. The molecule has 0 saturated carbocycles. The van der Waals surface area contributed by atoms with Crippen molar-refractivity contribution in [1.29, 1.82) is 0 Å². The van der Waals surface area contributed by atoms with Gasteiger partial charge in [-0.3, -0.25) is 10.1 Å². The van der Waals surface area contributed by atoms with Crippen molar-refractivity contribution >= 4 is 11.3 Å². The van der Waals surface area contributed by atoms with E-state index in [4.69, 9.17) is 0 Å². The van der Waals surface area contributed by atoms with Crippen LogP contribution in [0, 0.1) is 10.1 Å². The van der Waals surface area contributed by atoms with E-state index in [0.29, 0.717) is 0 Å². The first-order valence-corrected chi connectivity index (χ1v) is 6.24. The minimum absolute atomic E-state index is 0.0603. The van der Waals surface area contributed by atoms with E-state index in [1.165, 1.54) is 12.1 Å². The molecule has 0 aliphatic carbocycles. The van der Waals surface area contributed by atoms with Crippen LogP contribution in [0.25, 0.3) is 5.57 Å². The Balaban J connectivity index is 2.20. The fourth-order valence-electron chi connectivity index (χ4n) is 1.93. The molecule has 0 bridgehead atoms. The molecule has 1 atom stereocenters. The highest BCUT2D eigenvalue weighted by Gasteiger charge is 2.07. The van der Waals surface area contributed by atoms with Gasteiger partial charge < -0.3 is 5.11 Å². The maximum atomic E-state index is 10.6. The molecule has 20 heavy (non-hydrogen) atoms. The molecule has 1 unspecified atom stereocenters. The summed E-state index contributed by atoms with van der Waals surface area (Å²) in [4.78, 5) is 10.2. The van der Waals surface area contributed by atoms with E-state index in [-0.39, 0.29) is 5.69 Å². The monoisotopic (exact) mass is 269 g/mol. The number of hydrogen-bond donors (Lipinski definition) is 1. The molecule has 4 nitrogen and oxygen atoms in total. The van der Waals surface area contributed by atoms with Crippen molar-refractivity contribution < 1.29 is 10.0 Å². The Morgan fingerprint density at radius 2 is 1.75 bits per heavy atom. The second kappa shape index (κ2) is 6.12. The van der Waals surface area contributed by atoms with E-state index >= 15 is 0 Å². The number of allylic oxidation sites excluding steroid dienone is 1. The molecule has 0 aliphatic heterocycles. The summed E-state index contributed by atoms with van der Waals surface area (Å²) >= 11 is 0. The van der Waals surface area contributed by atoms with Crippen LogP contribution in [0.2, 0.25) is 0 Å². The van der Waals surface area contributed by atoms with E-state index in [1.54, 1.807) is 18.2 Å². The first kappa shape index (κ1) is 14.0. The highest BCUT2D eigenvalue weighted by Crippen LogP contribution is 2.22. The summed E-state index contributed by atoms with van der Waals surface area (Å²) in [6, 6.07) is 15.6. The molecular formula is C16H15NO3. The number of nitro benzene ring substituents is 1. The van der Waals surface area contributed by atoms with Crippen LogP contribution in [-0.4, -0.2) is 10.0 Å². The van der Waals surface area contributed by atoms with Crippen LogP contribution in [0.5, 0.6) is 0 Å². The lowest BCUT2D eigenvalue weighted by molar-refractivity contribution is -0.384. The van der Waals surface area contributed by atoms with Gasteiger partial charge in [0.2, 0.25) is 0 Å². The summed E-state index contributed by atoms with van der Waals surface area (Å²) in [7, 11) is 0. The van der Waals surface area contributed by atoms with Gasteiger partial charge in [-0.2, -0.15) is 0 Å². The largest absolute Gasteiger partial charge is 0.384 e. The number of aliphatic hydroxyl groups is 1. The Labute approximate surface area is 117 Å². The molecule has 0 radical (unpaired) electrons. The van der Waals surface area contributed by atoms with E-state index < -0.39 is 11.0 Å². The van der Waals surface area contributed by atoms with Gasteiger partial charge in [-0.15, -0.1) is 0 Å².